The highest BCUT2D eigenvalue weighted by molar-refractivity contribution is 7.98. The molecular formula is C20H16N8O4S. The second-order valence-corrected chi connectivity index (χ2v) is 7.59. The number of hydrogen-bond acceptors (Lipinski definition) is 11. The number of hydrazone groups is 1. The number of fused-ring (bicyclic) bond motifs is 1. The number of thioether (sulfide) groups is 1. The van der Waals surface area contributed by atoms with Gasteiger partial charge in [-0.2, -0.15) is 9.78 Å². The average molecular weight is 464 g/mol. The van der Waals surface area contributed by atoms with Crippen LogP contribution in [-0.4, -0.2) is 50.5 Å². The Balaban J connectivity index is 1.48. The number of anilines is 1. The van der Waals surface area contributed by atoms with Crippen LogP contribution >= 0.6 is 11.8 Å². The predicted octanol–water partition coefficient (Wildman–Crippen LogP) is 2.11. The standard InChI is InChI=1S/C20H16N8O4S/c1-33-13-5-2-11(3-6-13)9-22-24-20(29)16-17(12-4-7-14-15(8-12)31-10-30-14)28(27-23-16)19-18(21)25-32-26-19/h2-9H,10H2,1H3,(H2,21,25)(H,24,29). The van der Waals surface area contributed by atoms with Crippen LogP contribution in [0.4, 0.5) is 5.82 Å². The van der Waals surface area contributed by atoms with Crippen molar-refractivity contribution in [2.75, 3.05) is 18.8 Å². The summed E-state index contributed by atoms with van der Waals surface area (Å²) in [6.45, 7) is 0.108. The molecule has 1 aliphatic rings. The Kier molecular flexibility index (Phi) is 5.36. The van der Waals surface area contributed by atoms with Gasteiger partial charge in [0, 0.05) is 10.5 Å². The fourth-order valence-corrected chi connectivity index (χ4v) is 3.54. The van der Waals surface area contributed by atoms with Gasteiger partial charge in [0.25, 0.3) is 5.91 Å². The number of ether oxygens (including phenoxy) is 2. The summed E-state index contributed by atoms with van der Waals surface area (Å²) >= 11 is 1.64. The van der Waals surface area contributed by atoms with Gasteiger partial charge in [-0.25, -0.2) is 10.1 Å². The lowest BCUT2D eigenvalue weighted by molar-refractivity contribution is 0.0950. The summed E-state index contributed by atoms with van der Waals surface area (Å²) in [5.74, 6) is 0.598. The van der Waals surface area contributed by atoms with Crippen molar-refractivity contribution >= 4 is 29.7 Å². The molecule has 0 saturated heterocycles. The molecule has 33 heavy (non-hydrogen) atoms. The lowest BCUT2D eigenvalue weighted by atomic mass is 10.1. The SMILES string of the molecule is CSc1ccc(C=NNC(=O)c2nnn(-c3nonc3N)c2-c2ccc3c(c2)OCO3)cc1. The second kappa shape index (κ2) is 8.63. The van der Waals surface area contributed by atoms with E-state index < -0.39 is 5.91 Å². The molecule has 3 N–H and O–H groups in total. The van der Waals surface area contributed by atoms with Crippen LogP contribution in [0.5, 0.6) is 11.5 Å². The van der Waals surface area contributed by atoms with E-state index in [4.69, 9.17) is 15.2 Å². The highest BCUT2D eigenvalue weighted by Crippen LogP contribution is 2.37. The van der Waals surface area contributed by atoms with Crippen molar-refractivity contribution in [2.24, 2.45) is 5.10 Å². The Morgan fingerprint density at radius 3 is 2.76 bits per heavy atom. The van der Waals surface area contributed by atoms with E-state index in [2.05, 4.69) is 35.8 Å². The van der Waals surface area contributed by atoms with Crippen LogP contribution < -0.4 is 20.6 Å². The van der Waals surface area contributed by atoms with Gasteiger partial charge in [-0.1, -0.05) is 17.3 Å². The predicted molar refractivity (Wildman–Crippen MR) is 118 cm³/mol. The normalized spacial score (nSPS) is 12.4. The molecule has 5 rings (SSSR count). The maximum Gasteiger partial charge on any atom is 0.294 e. The van der Waals surface area contributed by atoms with Crippen LogP contribution in [0.3, 0.4) is 0 Å². The van der Waals surface area contributed by atoms with Crippen LogP contribution in [0.2, 0.25) is 0 Å². The first kappa shape index (κ1) is 20.5. The van der Waals surface area contributed by atoms with Gasteiger partial charge in [-0.3, -0.25) is 4.79 Å². The van der Waals surface area contributed by atoms with Gasteiger partial charge in [0.05, 0.1) is 6.21 Å². The molecule has 1 aliphatic heterocycles. The first-order chi connectivity index (χ1) is 16.1. The Morgan fingerprint density at radius 2 is 2.00 bits per heavy atom. The fourth-order valence-electron chi connectivity index (χ4n) is 3.13. The van der Waals surface area contributed by atoms with Gasteiger partial charge in [0.15, 0.2) is 17.2 Å². The highest BCUT2D eigenvalue weighted by Gasteiger charge is 2.26. The number of rotatable bonds is 6. The van der Waals surface area contributed by atoms with E-state index in [1.807, 2.05) is 30.5 Å². The zero-order valence-corrected chi connectivity index (χ0v) is 17.9. The molecule has 4 aromatic rings. The molecule has 0 radical (unpaired) electrons. The van der Waals surface area contributed by atoms with Crippen molar-refractivity contribution in [3.63, 3.8) is 0 Å². The molecule has 0 atom stereocenters. The van der Waals surface area contributed by atoms with E-state index in [1.165, 1.54) is 10.9 Å². The van der Waals surface area contributed by atoms with E-state index in [9.17, 15) is 4.79 Å². The summed E-state index contributed by atoms with van der Waals surface area (Å²) in [5.41, 5.74) is 9.99. The Labute approximate surface area is 190 Å². The number of carbonyl (C=O) groups excluding carboxylic acids is 1. The number of aromatic nitrogens is 5. The quantitative estimate of drug-likeness (QED) is 0.246. The van der Waals surface area contributed by atoms with E-state index in [-0.39, 0.29) is 24.1 Å². The fraction of sp³-hybridized carbons (Fsp3) is 0.100. The minimum absolute atomic E-state index is 0.00820. The zero-order chi connectivity index (χ0) is 22.8. The first-order valence-corrected chi connectivity index (χ1v) is 10.8. The van der Waals surface area contributed by atoms with Gasteiger partial charge >= 0.3 is 0 Å². The lowest BCUT2D eigenvalue weighted by Gasteiger charge is -2.07. The number of benzene rings is 2. The van der Waals surface area contributed by atoms with Gasteiger partial charge in [0.2, 0.25) is 18.4 Å². The average Bonchev–Trinajstić information content (AvgIpc) is 3.58. The molecule has 2 aromatic heterocycles. The molecule has 1 amide bonds. The topological polar surface area (TPSA) is 156 Å². The van der Waals surface area contributed by atoms with Crippen molar-refractivity contribution in [3.8, 4) is 28.6 Å². The third-order valence-corrected chi connectivity index (χ3v) is 5.47. The molecule has 0 aliphatic carbocycles. The minimum Gasteiger partial charge on any atom is -0.454 e. The number of nitrogens with one attached hydrogen (secondary N) is 1. The minimum atomic E-state index is -0.582. The maximum atomic E-state index is 12.9. The number of amides is 1. The number of hydrogen-bond donors (Lipinski definition) is 2. The van der Waals surface area contributed by atoms with Gasteiger partial charge in [-0.15, -0.1) is 16.9 Å². The van der Waals surface area contributed by atoms with Crippen LogP contribution in [0.15, 0.2) is 57.1 Å². The van der Waals surface area contributed by atoms with E-state index in [0.29, 0.717) is 22.8 Å². The number of nitrogens with zero attached hydrogens (tertiary/aromatic N) is 6. The molecule has 12 nitrogen and oxygen atoms in total. The van der Waals surface area contributed by atoms with Crippen molar-refractivity contribution in [1.82, 2.24) is 30.7 Å². The van der Waals surface area contributed by atoms with Crippen LogP contribution in [0.25, 0.3) is 17.1 Å². The highest BCUT2D eigenvalue weighted by atomic mass is 32.2. The van der Waals surface area contributed by atoms with Gasteiger partial charge < -0.3 is 15.2 Å². The van der Waals surface area contributed by atoms with E-state index >= 15 is 0 Å². The smallest absolute Gasteiger partial charge is 0.294 e. The number of carbonyl (C=O) groups is 1. The third-order valence-electron chi connectivity index (χ3n) is 4.72. The molecule has 166 valence electrons. The largest absolute Gasteiger partial charge is 0.454 e. The monoisotopic (exact) mass is 464 g/mol. The summed E-state index contributed by atoms with van der Waals surface area (Å²) in [6, 6.07) is 12.9. The first-order valence-electron chi connectivity index (χ1n) is 9.55. The van der Waals surface area contributed by atoms with Crippen LogP contribution in [0.1, 0.15) is 16.1 Å². The lowest BCUT2D eigenvalue weighted by Crippen LogP contribution is -2.19. The third kappa shape index (κ3) is 3.96. The maximum absolute atomic E-state index is 12.9. The summed E-state index contributed by atoms with van der Waals surface area (Å²) < 4.78 is 16.8. The van der Waals surface area contributed by atoms with Crippen LogP contribution in [0, 0.1) is 0 Å². The van der Waals surface area contributed by atoms with Gasteiger partial charge in [0.1, 0.15) is 5.69 Å². The molecule has 0 saturated carbocycles. The summed E-state index contributed by atoms with van der Waals surface area (Å²) in [6.07, 6.45) is 3.53. The van der Waals surface area contributed by atoms with E-state index in [1.54, 1.807) is 30.0 Å². The van der Waals surface area contributed by atoms with Crippen molar-refractivity contribution < 1.29 is 18.9 Å². The summed E-state index contributed by atoms with van der Waals surface area (Å²) in [7, 11) is 0. The molecule has 0 unspecified atom stereocenters. The van der Waals surface area contributed by atoms with Gasteiger partial charge in [-0.05, 0) is 52.5 Å². The molecule has 0 spiro atoms. The molecule has 13 heteroatoms. The molecule has 0 fully saturated rings. The summed E-state index contributed by atoms with van der Waals surface area (Å²) in [4.78, 5) is 14.1. The number of nitrogens with two attached hydrogens (primary N) is 1. The Morgan fingerprint density at radius 1 is 1.18 bits per heavy atom. The van der Waals surface area contributed by atoms with Crippen LogP contribution in [-0.2, 0) is 0 Å². The molecule has 3 heterocycles. The van der Waals surface area contributed by atoms with E-state index in [0.717, 1.165) is 10.5 Å². The zero-order valence-electron chi connectivity index (χ0n) is 17.1. The van der Waals surface area contributed by atoms with Crippen molar-refractivity contribution in [1.29, 1.82) is 0 Å². The molecular weight excluding hydrogens is 448 g/mol. The number of nitrogen functional groups attached to an aromatic ring is 1. The second-order valence-electron chi connectivity index (χ2n) is 6.71. The Hall–Kier alpha value is -4.39. The molecule has 2 aromatic carbocycles. The molecule has 0 bridgehead atoms. The Bertz CT molecular complexity index is 1350. The van der Waals surface area contributed by atoms with Crippen molar-refractivity contribution in [2.45, 2.75) is 4.90 Å². The summed E-state index contributed by atoms with van der Waals surface area (Å²) in [5, 5.41) is 19.4. The van der Waals surface area contributed by atoms with Crippen molar-refractivity contribution in [3.05, 3.63) is 53.7 Å².